The lowest BCUT2D eigenvalue weighted by atomic mass is 9.90. The molecule has 0 fully saturated rings. The van der Waals surface area contributed by atoms with Crippen molar-refractivity contribution >= 4 is 11.7 Å². The number of amides is 2. The van der Waals surface area contributed by atoms with Gasteiger partial charge in [-0.1, -0.05) is 13.8 Å². The second kappa shape index (κ2) is 7.21. The van der Waals surface area contributed by atoms with E-state index in [2.05, 4.69) is 15.4 Å². The third-order valence-corrected chi connectivity index (χ3v) is 2.98. The summed E-state index contributed by atoms with van der Waals surface area (Å²) in [4.78, 5) is 11.7. The summed E-state index contributed by atoms with van der Waals surface area (Å²) in [6, 6.07) is 1.37. The maximum Gasteiger partial charge on any atom is 0.319 e. The van der Waals surface area contributed by atoms with Crippen LogP contribution in [-0.4, -0.2) is 31.4 Å². The number of carbonyl (C=O) groups excluding carboxylic acids is 1. The number of hydrogen-bond donors (Lipinski definition) is 3. The highest BCUT2D eigenvalue weighted by molar-refractivity contribution is 5.89. The zero-order chi connectivity index (χ0) is 16.0. The summed E-state index contributed by atoms with van der Waals surface area (Å²) in [6.45, 7) is 4.11. The molecule has 7 heteroatoms. The molecule has 0 radical (unpaired) electrons. The highest BCUT2D eigenvalue weighted by Gasteiger charge is 2.18. The van der Waals surface area contributed by atoms with Crippen LogP contribution >= 0.6 is 0 Å². The minimum absolute atomic E-state index is 0.0109. The number of urea groups is 1. The molecule has 1 rings (SSSR count). The number of rotatable bonds is 6. The largest absolute Gasteiger partial charge is 0.491 e. The van der Waals surface area contributed by atoms with Crippen molar-refractivity contribution in [2.24, 2.45) is 5.41 Å². The number of carbonyl (C=O) groups is 1. The standard InChI is InChI=1S/C14H20F2N2O3/c1-14(2,4-5-19)8-17-13(20)18-9-6-10(15)12(21-3)11(16)7-9/h6-7,19H,4-5,8H2,1-3H3,(H2,17,18,20). The molecule has 0 atom stereocenters. The van der Waals surface area contributed by atoms with Gasteiger partial charge in [0, 0.05) is 31.0 Å². The van der Waals surface area contributed by atoms with Crippen LogP contribution in [-0.2, 0) is 0 Å². The van der Waals surface area contributed by atoms with Crippen LogP contribution in [0, 0.1) is 17.0 Å². The van der Waals surface area contributed by atoms with Crippen LogP contribution < -0.4 is 15.4 Å². The Morgan fingerprint density at radius 2 is 1.90 bits per heavy atom. The maximum atomic E-state index is 13.5. The molecule has 0 saturated heterocycles. The molecule has 21 heavy (non-hydrogen) atoms. The first-order chi connectivity index (χ1) is 9.79. The molecule has 3 N–H and O–H groups in total. The molecule has 5 nitrogen and oxygen atoms in total. The summed E-state index contributed by atoms with van der Waals surface area (Å²) in [5, 5.41) is 13.8. The number of halogens is 2. The summed E-state index contributed by atoms with van der Waals surface area (Å²) >= 11 is 0. The van der Waals surface area contributed by atoms with Crippen LogP contribution in [0.25, 0.3) is 0 Å². The number of aliphatic hydroxyl groups excluding tert-OH is 1. The van der Waals surface area contributed by atoms with Crippen molar-refractivity contribution in [1.82, 2.24) is 5.32 Å². The minimum Gasteiger partial charge on any atom is -0.491 e. The normalized spacial score (nSPS) is 11.1. The molecule has 1 aromatic rings. The lowest BCUT2D eigenvalue weighted by Gasteiger charge is -2.23. The van der Waals surface area contributed by atoms with Crippen LogP contribution in [0.4, 0.5) is 19.3 Å². The number of nitrogens with one attached hydrogen (secondary N) is 2. The number of methoxy groups -OCH3 is 1. The fourth-order valence-corrected chi connectivity index (χ4v) is 1.71. The van der Waals surface area contributed by atoms with Gasteiger partial charge in [-0.2, -0.15) is 0 Å². The Morgan fingerprint density at radius 1 is 1.33 bits per heavy atom. The van der Waals surface area contributed by atoms with Crippen molar-refractivity contribution in [3.63, 3.8) is 0 Å². The summed E-state index contributed by atoms with van der Waals surface area (Å²) in [7, 11) is 1.16. The first-order valence-corrected chi connectivity index (χ1v) is 6.48. The van der Waals surface area contributed by atoms with Crippen LogP contribution in [0.2, 0.25) is 0 Å². The maximum absolute atomic E-state index is 13.5. The molecule has 0 spiro atoms. The molecule has 0 aliphatic carbocycles. The van der Waals surface area contributed by atoms with E-state index in [1.807, 2.05) is 13.8 Å². The lowest BCUT2D eigenvalue weighted by Crippen LogP contribution is -2.37. The zero-order valence-electron chi connectivity index (χ0n) is 12.3. The van der Waals surface area contributed by atoms with Crippen molar-refractivity contribution in [1.29, 1.82) is 0 Å². The van der Waals surface area contributed by atoms with Crippen LogP contribution in [0.3, 0.4) is 0 Å². The smallest absolute Gasteiger partial charge is 0.319 e. The average Bonchev–Trinajstić information content (AvgIpc) is 2.36. The van der Waals surface area contributed by atoms with E-state index in [1.54, 1.807) is 0 Å². The Bertz CT molecular complexity index is 484. The predicted molar refractivity (Wildman–Crippen MR) is 75.4 cm³/mol. The zero-order valence-corrected chi connectivity index (χ0v) is 12.3. The number of aliphatic hydroxyl groups is 1. The minimum atomic E-state index is -0.895. The Balaban J connectivity index is 2.63. The van der Waals surface area contributed by atoms with Gasteiger partial charge in [-0.05, 0) is 11.8 Å². The number of anilines is 1. The summed E-state index contributed by atoms with van der Waals surface area (Å²) in [6.07, 6.45) is 0.527. The van der Waals surface area contributed by atoms with E-state index in [-0.39, 0.29) is 17.7 Å². The van der Waals surface area contributed by atoms with E-state index < -0.39 is 23.4 Å². The van der Waals surface area contributed by atoms with Crippen molar-refractivity contribution < 1.29 is 23.4 Å². The quantitative estimate of drug-likeness (QED) is 0.756. The van der Waals surface area contributed by atoms with E-state index in [0.29, 0.717) is 13.0 Å². The predicted octanol–water partition coefficient (Wildman–Crippen LogP) is 2.50. The third kappa shape index (κ3) is 5.18. The van der Waals surface area contributed by atoms with Crippen LogP contribution in [0.5, 0.6) is 5.75 Å². The van der Waals surface area contributed by atoms with Crippen molar-refractivity contribution in [3.8, 4) is 5.75 Å². The molecule has 0 unspecified atom stereocenters. The van der Waals surface area contributed by atoms with Gasteiger partial charge in [0.15, 0.2) is 17.4 Å². The van der Waals surface area contributed by atoms with Crippen LogP contribution in [0.15, 0.2) is 12.1 Å². The fourth-order valence-electron chi connectivity index (χ4n) is 1.71. The Morgan fingerprint density at radius 3 is 2.38 bits per heavy atom. The monoisotopic (exact) mass is 302 g/mol. The summed E-state index contributed by atoms with van der Waals surface area (Å²) in [5.74, 6) is -2.29. The van der Waals surface area contributed by atoms with Gasteiger partial charge in [0.05, 0.1) is 7.11 Å². The first-order valence-electron chi connectivity index (χ1n) is 6.48. The van der Waals surface area contributed by atoms with Crippen molar-refractivity contribution in [2.45, 2.75) is 20.3 Å². The summed E-state index contributed by atoms with van der Waals surface area (Å²) in [5.41, 5.74) is -0.286. The number of benzene rings is 1. The van der Waals surface area contributed by atoms with Crippen molar-refractivity contribution in [2.75, 3.05) is 25.6 Å². The Kier molecular flexibility index (Phi) is 5.90. The molecule has 0 saturated carbocycles. The van der Waals surface area contributed by atoms with Crippen molar-refractivity contribution in [3.05, 3.63) is 23.8 Å². The molecule has 0 aromatic heterocycles. The SMILES string of the molecule is COc1c(F)cc(NC(=O)NCC(C)(C)CCO)cc1F. The second-order valence-corrected chi connectivity index (χ2v) is 5.42. The van der Waals surface area contributed by atoms with Gasteiger partial charge in [-0.15, -0.1) is 0 Å². The molecule has 0 bridgehead atoms. The van der Waals surface area contributed by atoms with Gasteiger partial charge in [0.1, 0.15) is 0 Å². The second-order valence-electron chi connectivity index (χ2n) is 5.42. The first kappa shape index (κ1) is 17.2. The number of ether oxygens (including phenoxy) is 1. The molecule has 0 heterocycles. The van der Waals surface area contributed by atoms with Gasteiger partial charge in [0.2, 0.25) is 0 Å². The Labute approximate surface area is 122 Å². The van der Waals surface area contributed by atoms with E-state index in [1.165, 1.54) is 0 Å². The molecule has 0 aliphatic heterocycles. The van der Waals surface area contributed by atoms with Gasteiger partial charge in [-0.3, -0.25) is 0 Å². The van der Waals surface area contributed by atoms with Gasteiger partial charge >= 0.3 is 6.03 Å². The lowest BCUT2D eigenvalue weighted by molar-refractivity contribution is 0.204. The highest BCUT2D eigenvalue weighted by atomic mass is 19.1. The van der Waals surface area contributed by atoms with E-state index in [9.17, 15) is 13.6 Å². The summed E-state index contributed by atoms with van der Waals surface area (Å²) < 4.78 is 31.5. The number of hydrogen-bond acceptors (Lipinski definition) is 3. The molecular weight excluding hydrogens is 282 g/mol. The van der Waals surface area contributed by atoms with Gasteiger partial charge in [-0.25, -0.2) is 13.6 Å². The van der Waals surface area contributed by atoms with Gasteiger partial charge in [0.25, 0.3) is 0 Å². The third-order valence-electron chi connectivity index (χ3n) is 2.98. The fraction of sp³-hybridized carbons (Fsp3) is 0.500. The average molecular weight is 302 g/mol. The highest BCUT2D eigenvalue weighted by Crippen LogP contribution is 2.25. The molecular formula is C14H20F2N2O3. The Hall–Kier alpha value is -1.89. The molecule has 2 amide bonds. The molecule has 118 valence electrons. The van der Waals surface area contributed by atoms with E-state index in [4.69, 9.17) is 5.11 Å². The van der Waals surface area contributed by atoms with E-state index >= 15 is 0 Å². The van der Waals surface area contributed by atoms with E-state index in [0.717, 1.165) is 19.2 Å². The topological polar surface area (TPSA) is 70.6 Å². The molecule has 0 aliphatic rings. The van der Waals surface area contributed by atoms with Gasteiger partial charge < -0.3 is 20.5 Å². The van der Waals surface area contributed by atoms with Crippen LogP contribution in [0.1, 0.15) is 20.3 Å². The molecule has 1 aromatic carbocycles.